The lowest BCUT2D eigenvalue weighted by Gasteiger charge is -2.19. The van der Waals surface area contributed by atoms with Gasteiger partial charge in [0, 0.05) is 6.54 Å². The van der Waals surface area contributed by atoms with Gasteiger partial charge >= 0.3 is 6.16 Å². The maximum atomic E-state index is 12.6. The number of ether oxygens (including phenoxy) is 2. The Labute approximate surface area is 184 Å². The molecule has 6 nitrogen and oxygen atoms in total. The number of hydrogen-bond acceptors (Lipinski definition) is 5. The molecule has 0 N–H and O–H groups in total. The summed E-state index contributed by atoms with van der Waals surface area (Å²) in [5, 5.41) is 14.5. The Morgan fingerprint density at radius 2 is 1.87 bits per heavy atom. The SMILES string of the molecule is CCn1nc(C)cc1/C(OC(=O)OC1CCCC1)=C(\C#N)c1ccc(C(C)(C)C)cc1. The smallest absolute Gasteiger partial charge is 0.431 e. The molecule has 0 radical (unpaired) electrons. The first-order chi connectivity index (χ1) is 14.7. The molecule has 0 unspecified atom stereocenters. The average Bonchev–Trinajstić information content (AvgIpc) is 3.36. The predicted molar refractivity (Wildman–Crippen MR) is 120 cm³/mol. The van der Waals surface area contributed by atoms with Crippen molar-refractivity contribution in [2.45, 2.75) is 78.4 Å². The largest absolute Gasteiger partial charge is 0.514 e. The third kappa shape index (κ3) is 5.35. The minimum absolute atomic E-state index is 0.00257. The van der Waals surface area contributed by atoms with Crippen molar-refractivity contribution in [2.75, 3.05) is 0 Å². The molecule has 1 fully saturated rings. The lowest BCUT2D eigenvalue weighted by Crippen LogP contribution is -2.17. The second kappa shape index (κ2) is 9.38. The first kappa shape index (κ1) is 22.6. The average molecular weight is 422 g/mol. The van der Waals surface area contributed by atoms with Crippen molar-refractivity contribution in [1.29, 1.82) is 5.26 Å². The molecule has 0 aliphatic heterocycles. The van der Waals surface area contributed by atoms with E-state index in [1.165, 1.54) is 0 Å². The number of benzene rings is 1. The van der Waals surface area contributed by atoms with E-state index in [9.17, 15) is 10.1 Å². The Kier molecular flexibility index (Phi) is 6.84. The molecule has 3 rings (SSSR count). The predicted octanol–water partition coefficient (Wildman–Crippen LogP) is 6.00. The van der Waals surface area contributed by atoms with Crippen molar-refractivity contribution in [2.24, 2.45) is 0 Å². The monoisotopic (exact) mass is 421 g/mol. The van der Waals surface area contributed by atoms with Crippen LogP contribution in [0.4, 0.5) is 4.79 Å². The molecule has 1 aromatic carbocycles. The first-order valence-corrected chi connectivity index (χ1v) is 10.9. The number of nitriles is 1. The van der Waals surface area contributed by atoms with Crippen molar-refractivity contribution in [3.05, 3.63) is 52.8 Å². The zero-order valence-electron chi connectivity index (χ0n) is 19.1. The number of carbonyl (C=O) groups excluding carboxylic acids is 1. The summed E-state index contributed by atoms with van der Waals surface area (Å²) < 4.78 is 12.9. The minimum atomic E-state index is -0.775. The van der Waals surface area contributed by atoms with Crippen LogP contribution in [-0.4, -0.2) is 22.0 Å². The van der Waals surface area contributed by atoms with Crippen LogP contribution in [0.5, 0.6) is 0 Å². The zero-order valence-corrected chi connectivity index (χ0v) is 19.1. The van der Waals surface area contributed by atoms with Crippen LogP contribution in [0, 0.1) is 18.3 Å². The normalized spacial score (nSPS) is 15.4. The van der Waals surface area contributed by atoms with Crippen LogP contribution < -0.4 is 0 Å². The van der Waals surface area contributed by atoms with Crippen molar-refractivity contribution >= 4 is 17.5 Å². The van der Waals surface area contributed by atoms with Gasteiger partial charge in [-0.3, -0.25) is 4.68 Å². The molecular formula is C25H31N3O3. The standard InChI is InChI=1S/C25H31N3O3/c1-6-28-22(15-17(2)27-28)23(31-24(29)30-20-9-7-8-10-20)21(16-26)18-11-13-19(14-12-18)25(3,4)5/h11-15,20H,6-10H2,1-5H3/b23-21-. The third-order valence-corrected chi connectivity index (χ3v) is 5.56. The van der Waals surface area contributed by atoms with Crippen LogP contribution in [0.25, 0.3) is 11.3 Å². The number of aryl methyl sites for hydroxylation is 2. The van der Waals surface area contributed by atoms with Crippen LogP contribution in [0.2, 0.25) is 0 Å². The Morgan fingerprint density at radius 3 is 2.42 bits per heavy atom. The van der Waals surface area contributed by atoms with Crippen LogP contribution in [0.3, 0.4) is 0 Å². The van der Waals surface area contributed by atoms with Gasteiger partial charge in [-0.15, -0.1) is 0 Å². The van der Waals surface area contributed by atoms with Gasteiger partial charge in [-0.25, -0.2) is 4.79 Å². The first-order valence-electron chi connectivity index (χ1n) is 10.9. The van der Waals surface area contributed by atoms with Crippen molar-refractivity contribution < 1.29 is 14.3 Å². The van der Waals surface area contributed by atoms with Gasteiger partial charge in [-0.1, -0.05) is 45.0 Å². The number of carbonyl (C=O) groups is 1. The molecule has 164 valence electrons. The highest BCUT2D eigenvalue weighted by Gasteiger charge is 2.25. The van der Waals surface area contributed by atoms with Gasteiger partial charge in [-0.2, -0.15) is 10.4 Å². The van der Waals surface area contributed by atoms with Gasteiger partial charge in [0.25, 0.3) is 0 Å². The van der Waals surface area contributed by atoms with Crippen LogP contribution in [0.15, 0.2) is 30.3 Å². The van der Waals surface area contributed by atoms with Crippen LogP contribution in [-0.2, 0) is 21.4 Å². The van der Waals surface area contributed by atoms with E-state index in [0.717, 1.165) is 36.9 Å². The lowest BCUT2D eigenvalue weighted by molar-refractivity contribution is 0.0539. The number of allylic oxidation sites excluding steroid dienone is 1. The molecule has 1 aliphatic carbocycles. The van der Waals surface area contributed by atoms with E-state index in [2.05, 4.69) is 31.9 Å². The maximum absolute atomic E-state index is 12.6. The van der Waals surface area contributed by atoms with Gasteiger partial charge in [-0.05, 0) is 62.1 Å². The summed E-state index contributed by atoms with van der Waals surface area (Å²) >= 11 is 0. The van der Waals surface area contributed by atoms with E-state index in [4.69, 9.17) is 9.47 Å². The summed E-state index contributed by atoms with van der Waals surface area (Å²) in [6.07, 6.45) is 2.89. The molecule has 0 amide bonds. The maximum Gasteiger partial charge on any atom is 0.514 e. The summed E-state index contributed by atoms with van der Waals surface area (Å²) in [7, 11) is 0. The van der Waals surface area contributed by atoms with Crippen molar-refractivity contribution in [3.8, 4) is 6.07 Å². The molecule has 1 aromatic heterocycles. The molecule has 1 heterocycles. The second-order valence-corrected chi connectivity index (χ2v) is 9.01. The molecule has 6 heteroatoms. The van der Waals surface area contributed by atoms with Crippen molar-refractivity contribution in [1.82, 2.24) is 9.78 Å². The molecular weight excluding hydrogens is 390 g/mol. The van der Waals surface area contributed by atoms with Gasteiger partial charge in [0.2, 0.25) is 0 Å². The number of rotatable bonds is 5. The van der Waals surface area contributed by atoms with Gasteiger partial charge in [0.05, 0.1) is 5.69 Å². The molecule has 31 heavy (non-hydrogen) atoms. The molecule has 0 spiro atoms. The third-order valence-electron chi connectivity index (χ3n) is 5.56. The molecule has 2 aromatic rings. The summed E-state index contributed by atoms with van der Waals surface area (Å²) in [4.78, 5) is 12.6. The summed E-state index contributed by atoms with van der Waals surface area (Å²) in [6.45, 7) is 10.8. The number of hydrogen-bond donors (Lipinski definition) is 0. The minimum Gasteiger partial charge on any atom is -0.431 e. The van der Waals surface area contributed by atoms with E-state index in [1.54, 1.807) is 4.68 Å². The Balaban J connectivity index is 2.04. The Hall–Kier alpha value is -3.07. The van der Waals surface area contributed by atoms with E-state index >= 15 is 0 Å². The quantitative estimate of drug-likeness (QED) is 0.336. The van der Waals surface area contributed by atoms with Gasteiger partial charge < -0.3 is 9.47 Å². The molecule has 1 saturated carbocycles. The number of nitrogens with zero attached hydrogens (tertiary/aromatic N) is 3. The summed E-state index contributed by atoms with van der Waals surface area (Å²) in [5.41, 5.74) is 3.48. The highest BCUT2D eigenvalue weighted by atomic mass is 16.7. The second-order valence-electron chi connectivity index (χ2n) is 9.01. The Morgan fingerprint density at radius 1 is 1.23 bits per heavy atom. The number of aromatic nitrogens is 2. The van der Waals surface area contributed by atoms with E-state index in [-0.39, 0.29) is 22.9 Å². The summed E-state index contributed by atoms with van der Waals surface area (Å²) in [5.74, 6) is 0.177. The fourth-order valence-electron chi connectivity index (χ4n) is 3.83. The highest BCUT2D eigenvalue weighted by molar-refractivity contribution is 5.96. The van der Waals surface area contributed by atoms with Gasteiger partial charge in [0.1, 0.15) is 23.4 Å². The zero-order chi connectivity index (χ0) is 22.6. The molecule has 1 aliphatic rings. The van der Waals surface area contributed by atoms with E-state index < -0.39 is 6.16 Å². The van der Waals surface area contributed by atoms with Crippen LogP contribution >= 0.6 is 0 Å². The Bertz CT molecular complexity index is 998. The van der Waals surface area contributed by atoms with E-state index in [0.29, 0.717) is 17.8 Å². The lowest BCUT2D eigenvalue weighted by atomic mass is 9.86. The van der Waals surface area contributed by atoms with E-state index in [1.807, 2.05) is 44.2 Å². The molecule has 0 saturated heterocycles. The summed E-state index contributed by atoms with van der Waals surface area (Å²) in [6, 6.07) is 11.9. The van der Waals surface area contributed by atoms with Gasteiger partial charge in [0.15, 0.2) is 5.76 Å². The topological polar surface area (TPSA) is 77.1 Å². The molecule has 0 bridgehead atoms. The fourth-order valence-corrected chi connectivity index (χ4v) is 3.83. The van der Waals surface area contributed by atoms with Crippen molar-refractivity contribution in [3.63, 3.8) is 0 Å². The molecule has 0 atom stereocenters. The fraction of sp³-hybridized carbons (Fsp3) is 0.480. The van der Waals surface area contributed by atoms with Crippen LogP contribution in [0.1, 0.15) is 75.9 Å². The highest BCUT2D eigenvalue weighted by Crippen LogP contribution is 2.31.